The maximum atomic E-state index is 13.5. The third kappa shape index (κ3) is 6.63. The van der Waals surface area contributed by atoms with Crippen LogP contribution in [0, 0.1) is 28.4 Å². The number of aryl methyl sites for hydroxylation is 1. The summed E-state index contributed by atoms with van der Waals surface area (Å²) >= 11 is 12.8. The van der Waals surface area contributed by atoms with Gasteiger partial charge in [0.25, 0.3) is 0 Å². The van der Waals surface area contributed by atoms with E-state index in [-0.39, 0.29) is 49.3 Å². The van der Waals surface area contributed by atoms with Gasteiger partial charge in [-0.25, -0.2) is 9.78 Å². The molecular weight excluding hydrogens is 599 g/mol. The van der Waals surface area contributed by atoms with Crippen molar-refractivity contribution in [1.82, 2.24) is 14.9 Å². The number of rotatable bonds is 6. The molecule has 0 bridgehead atoms. The predicted octanol–water partition coefficient (Wildman–Crippen LogP) is 5.33. The summed E-state index contributed by atoms with van der Waals surface area (Å²) < 4.78 is 10.8. The lowest BCUT2D eigenvalue weighted by molar-refractivity contribution is -0.385. The average molecular weight is 634 g/mol. The molecule has 2 atom stereocenters. The number of halogens is 2. The van der Waals surface area contributed by atoms with Gasteiger partial charge in [-0.05, 0) is 87.4 Å². The SMILES string of the molecule is COC(=O)C1(Cc2nc(Cl)nc(N3CCN(C(=O)OC(C)(C)C)[C@@H](CC#N)C3)c2[N+](=O)[O-])CCCc2c(C)cc(Cl)cc21. The van der Waals surface area contributed by atoms with Crippen LogP contribution in [-0.2, 0) is 32.5 Å². The second kappa shape index (κ2) is 12.5. The molecular formula is C29H34Cl2N6O6. The number of nitrogens with zero attached hydrogens (tertiary/aromatic N) is 6. The number of carbonyl (C=O) groups excluding carboxylic acids is 2. The number of carbonyl (C=O) groups is 2. The molecule has 0 spiro atoms. The summed E-state index contributed by atoms with van der Waals surface area (Å²) in [7, 11) is 1.28. The Bertz CT molecular complexity index is 1490. The summed E-state index contributed by atoms with van der Waals surface area (Å²) in [5.41, 5.74) is 0.0502. The van der Waals surface area contributed by atoms with Crippen LogP contribution in [0.5, 0.6) is 0 Å². The van der Waals surface area contributed by atoms with E-state index in [0.29, 0.717) is 23.4 Å². The number of anilines is 1. The Morgan fingerprint density at radius 1 is 1.26 bits per heavy atom. The number of benzene rings is 1. The Balaban J connectivity index is 1.79. The first kappa shape index (κ1) is 32.2. The van der Waals surface area contributed by atoms with E-state index in [0.717, 1.165) is 17.5 Å². The monoisotopic (exact) mass is 632 g/mol. The first-order valence-electron chi connectivity index (χ1n) is 13.9. The Labute approximate surface area is 260 Å². The van der Waals surface area contributed by atoms with Crippen molar-refractivity contribution in [3.63, 3.8) is 0 Å². The van der Waals surface area contributed by atoms with Crippen LogP contribution in [-0.4, -0.2) is 70.2 Å². The molecule has 1 aliphatic heterocycles. The van der Waals surface area contributed by atoms with Crippen LogP contribution in [0.25, 0.3) is 0 Å². The van der Waals surface area contributed by atoms with E-state index in [1.54, 1.807) is 31.7 Å². The summed E-state index contributed by atoms with van der Waals surface area (Å²) in [5.74, 6) is -0.606. The van der Waals surface area contributed by atoms with Gasteiger partial charge in [0.05, 0.1) is 36.0 Å². The number of fused-ring (bicyclic) bond motifs is 1. The quantitative estimate of drug-likeness (QED) is 0.177. The van der Waals surface area contributed by atoms with E-state index < -0.39 is 39.7 Å². The van der Waals surface area contributed by atoms with Crippen molar-refractivity contribution in [3.8, 4) is 6.07 Å². The van der Waals surface area contributed by atoms with Crippen LogP contribution in [0.3, 0.4) is 0 Å². The zero-order chi connectivity index (χ0) is 31.7. The number of hydrogen-bond acceptors (Lipinski definition) is 10. The number of ether oxygens (including phenoxy) is 2. The van der Waals surface area contributed by atoms with Crippen molar-refractivity contribution in [2.75, 3.05) is 31.6 Å². The van der Waals surface area contributed by atoms with Gasteiger partial charge in [0.2, 0.25) is 11.1 Å². The molecule has 1 aliphatic carbocycles. The van der Waals surface area contributed by atoms with E-state index in [9.17, 15) is 25.0 Å². The summed E-state index contributed by atoms with van der Waals surface area (Å²) in [4.78, 5) is 50.1. The first-order valence-corrected chi connectivity index (χ1v) is 14.7. The lowest BCUT2D eigenvalue weighted by atomic mass is 9.66. The summed E-state index contributed by atoms with van der Waals surface area (Å²) in [5, 5.41) is 22.3. The third-order valence-corrected chi connectivity index (χ3v) is 8.25. The molecule has 0 saturated carbocycles. The van der Waals surface area contributed by atoms with Crippen molar-refractivity contribution >= 4 is 46.8 Å². The summed E-state index contributed by atoms with van der Waals surface area (Å²) in [6.07, 6.45) is 0.950. The molecule has 2 aliphatic rings. The molecule has 2 heterocycles. The number of hydrogen-bond donors (Lipinski definition) is 0. The van der Waals surface area contributed by atoms with E-state index >= 15 is 0 Å². The molecule has 1 fully saturated rings. The molecule has 1 amide bonds. The summed E-state index contributed by atoms with van der Waals surface area (Å²) in [6, 6.07) is 5.00. The van der Waals surface area contributed by atoms with E-state index in [1.807, 2.05) is 13.0 Å². The molecule has 0 N–H and O–H groups in total. The van der Waals surface area contributed by atoms with Gasteiger partial charge in [0.1, 0.15) is 11.3 Å². The fourth-order valence-electron chi connectivity index (χ4n) is 6.06. The molecule has 14 heteroatoms. The smallest absolute Gasteiger partial charge is 0.410 e. The maximum absolute atomic E-state index is 13.5. The van der Waals surface area contributed by atoms with Gasteiger partial charge in [-0.3, -0.25) is 14.9 Å². The molecule has 2 aromatic rings. The fraction of sp³-hybridized carbons (Fsp3) is 0.552. The highest BCUT2D eigenvalue weighted by atomic mass is 35.5. The van der Waals surface area contributed by atoms with Gasteiger partial charge < -0.3 is 19.3 Å². The lowest BCUT2D eigenvalue weighted by Crippen LogP contribution is -2.56. The maximum Gasteiger partial charge on any atom is 0.410 e. The van der Waals surface area contributed by atoms with Crippen LogP contribution in [0.2, 0.25) is 10.3 Å². The second-order valence-electron chi connectivity index (χ2n) is 11.9. The molecule has 1 aromatic heterocycles. The minimum absolute atomic E-state index is 0.0257. The second-order valence-corrected chi connectivity index (χ2v) is 12.6. The standard InChI is InChI=1S/C29H34Cl2N6O6/c1-17-13-18(30)14-21-20(17)7-6-9-29(21,25(38)42-5)15-22-23(37(40)41)24(34-26(31)33-22)35-11-12-36(19(16-35)8-10-32)27(39)43-28(2,3)4/h13-14,19H,6-9,11-12,15-16H2,1-5H3/t19-,29?/m0/s1. The van der Waals surface area contributed by atoms with Crippen molar-refractivity contribution in [2.24, 2.45) is 0 Å². The highest BCUT2D eigenvalue weighted by Gasteiger charge is 2.48. The average Bonchev–Trinajstić information content (AvgIpc) is 2.91. The van der Waals surface area contributed by atoms with Crippen LogP contribution in [0.15, 0.2) is 12.1 Å². The number of piperazine rings is 1. The van der Waals surface area contributed by atoms with E-state index in [1.165, 1.54) is 12.0 Å². The van der Waals surface area contributed by atoms with Crippen LogP contribution >= 0.6 is 23.2 Å². The van der Waals surface area contributed by atoms with Gasteiger partial charge in [0.15, 0.2) is 0 Å². The predicted molar refractivity (Wildman–Crippen MR) is 159 cm³/mol. The van der Waals surface area contributed by atoms with Crippen molar-refractivity contribution in [3.05, 3.63) is 54.9 Å². The van der Waals surface area contributed by atoms with Crippen LogP contribution in [0.1, 0.15) is 62.4 Å². The van der Waals surface area contributed by atoms with Gasteiger partial charge in [-0.1, -0.05) is 11.6 Å². The number of esters is 1. The number of methoxy groups -OCH3 is 1. The van der Waals surface area contributed by atoms with Gasteiger partial charge >= 0.3 is 17.7 Å². The molecule has 1 unspecified atom stereocenters. The Kier molecular flexibility index (Phi) is 9.37. The fourth-order valence-corrected chi connectivity index (χ4v) is 6.52. The number of aromatic nitrogens is 2. The van der Waals surface area contributed by atoms with E-state index in [4.69, 9.17) is 32.7 Å². The minimum Gasteiger partial charge on any atom is -0.468 e. The minimum atomic E-state index is -1.30. The largest absolute Gasteiger partial charge is 0.468 e. The zero-order valence-corrected chi connectivity index (χ0v) is 26.3. The van der Waals surface area contributed by atoms with Gasteiger partial charge in [-0.15, -0.1) is 0 Å². The Hall–Kier alpha value is -3.69. The highest BCUT2D eigenvalue weighted by Crippen LogP contribution is 2.45. The number of nitriles is 1. The van der Waals surface area contributed by atoms with Crippen molar-refractivity contribution < 1.29 is 24.0 Å². The number of nitro groups is 1. The Morgan fingerprint density at radius 2 is 1.98 bits per heavy atom. The molecule has 43 heavy (non-hydrogen) atoms. The Morgan fingerprint density at radius 3 is 2.60 bits per heavy atom. The number of amides is 1. The topological polar surface area (TPSA) is 152 Å². The molecule has 4 rings (SSSR count). The lowest BCUT2D eigenvalue weighted by Gasteiger charge is -2.41. The summed E-state index contributed by atoms with van der Waals surface area (Å²) in [6.45, 7) is 7.51. The molecule has 0 radical (unpaired) electrons. The molecule has 230 valence electrons. The first-order chi connectivity index (χ1) is 20.2. The van der Waals surface area contributed by atoms with Gasteiger partial charge in [0, 0.05) is 31.1 Å². The third-order valence-electron chi connectivity index (χ3n) is 7.86. The normalized spacial score (nSPS) is 20.2. The van der Waals surface area contributed by atoms with Crippen molar-refractivity contribution in [1.29, 1.82) is 5.26 Å². The van der Waals surface area contributed by atoms with Gasteiger partial charge in [-0.2, -0.15) is 10.2 Å². The van der Waals surface area contributed by atoms with Crippen molar-refractivity contribution in [2.45, 2.75) is 76.9 Å². The zero-order valence-electron chi connectivity index (χ0n) is 24.8. The molecule has 1 saturated heterocycles. The molecule has 1 aromatic carbocycles. The van der Waals surface area contributed by atoms with E-state index in [2.05, 4.69) is 16.0 Å². The highest BCUT2D eigenvalue weighted by molar-refractivity contribution is 6.30. The van der Waals surface area contributed by atoms with Crippen LogP contribution in [0.4, 0.5) is 16.3 Å². The van der Waals surface area contributed by atoms with Crippen LogP contribution < -0.4 is 4.90 Å². The molecule has 12 nitrogen and oxygen atoms in total.